The number of aryl methyl sites for hydroxylation is 4. The number of hydrogen-bond donors (Lipinski definition) is 1. The van der Waals surface area contributed by atoms with Gasteiger partial charge in [-0.1, -0.05) is 17.7 Å². The number of anilines is 1. The van der Waals surface area contributed by atoms with Gasteiger partial charge in [-0.3, -0.25) is 4.79 Å². The Morgan fingerprint density at radius 3 is 2.63 bits per heavy atom. The second-order valence-corrected chi connectivity index (χ2v) is 7.96. The maximum Gasteiger partial charge on any atom is 0.224 e. The standard InChI is InChI=1S/C23H24ClN5O/c1-15-8-9-18(24)14-19(15)26-20(30)7-6-12-29-22-21(16(2)13-17(3)25-22)23(27-29)28-10-4-5-11-28/h4-5,8-11,13-14H,6-7,12H2,1-3H3,(H,26,30). The van der Waals surface area contributed by atoms with Gasteiger partial charge in [0.2, 0.25) is 5.91 Å². The summed E-state index contributed by atoms with van der Waals surface area (Å²) in [6.45, 7) is 6.62. The van der Waals surface area contributed by atoms with E-state index < -0.39 is 0 Å². The largest absolute Gasteiger partial charge is 0.326 e. The molecule has 1 aromatic carbocycles. The number of rotatable bonds is 6. The van der Waals surface area contributed by atoms with Crippen LogP contribution in [0.3, 0.4) is 0 Å². The van der Waals surface area contributed by atoms with Gasteiger partial charge in [0.25, 0.3) is 0 Å². The van der Waals surface area contributed by atoms with E-state index in [0.29, 0.717) is 24.4 Å². The van der Waals surface area contributed by atoms with Gasteiger partial charge < -0.3 is 9.88 Å². The van der Waals surface area contributed by atoms with E-state index >= 15 is 0 Å². The first-order valence-electron chi connectivity index (χ1n) is 9.96. The summed E-state index contributed by atoms with van der Waals surface area (Å²) in [6.07, 6.45) is 5.00. The summed E-state index contributed by atoms with van der Waals surface area (Å²) >= 11 is 6.04. The maximum absolute atomic E-state index is 12.4. The molecule has 0 unspecified atom stereocenters. The minimum Gasteiger partial charge on any atom is -0.326 e. The molecule has 4 rings (SSSR count). The molecule has 3 heterocycles. The molecule has 0 aliphatic rings. The number of nitrogens with one attached hydrogen (secondary N) is 1. The molecule has 3 aromatic heterocycles. The molecule has 154 valence electrons. The van der Waals surface area contributed by atoms with Crippen LogP contribution in [0.15, 0.2) is 48.8 Å². The van der Waals surface area contributed by atoms with Crippen molar-refractivity contribution in [3.8, 4) is 5.82 Å². The van der Waals surface area contributed by atoms with Gasteiger partial charge >= 0.3 is 0 Å². The van der Waals surface area contributed by atoms with Crippen LogP contribution < -0.4 is 5.32 Å². The van der Waals surface area contributed by atoms with Crippen LogP contribution in [0.25, 0.3) is 16.9 Å². The van der Waals surface area contributed by atoms with Crippen molar-refractivity contribution in [1.82, 2.24) is 19.3 Å². The number of fused-ring (bicyclic) bond motifs is 1. The van der Waals surface area contributed by atoms with Gasteiger partial charge in [0.05, 0.1) is 5.39 Å². The van der Waals surface area contributed by atoms with Gasteiger partial charge in [0.15, 0.2) is 11.5 Å². The first kappa shape index (κ1) is 20.2. The molecule has 0 aliphatic heterocycles. The SMILES string of the molecule is Cc1cc(C)c2c(-n3cccc3)nn(CCCC(=O)Nc3cc(Cl)ccc3C)c2n1. The van der Waals surface area contributed by atoms with Crippen LogP contribution in [0.1, 0.15) is 29.7 Å². The third-order valence-electron chi connectivity index (χ3n) is 5.11. The number of amides is 1. The Morgan fingerprint density at radius 1 is 1.10 bits per heavy atom. The van der Waals surface area contributed by atoms with Gasteiger partial charge in [0.1, 0.15) is 0 Å². The highest BCUT2D eigenvalue weighted by atomic mass is 35.5. The average molecular weight is 422 g/mol. The summed E-state index contributed by atoms with van der Waals surface area (Å²) in [5.74, 6) is 0.821. The van der Waals surface area contributed by atoms with E-state index in [1.165, 1.54) is 0 Å². The number of benzene rings is 1. The van der Waals surface area contributed by atoms with Crippen LogP contribution >= 0.6 is 11.6 Å². The highest BCUT2D eigenvalue weighted by Crippen LogP contribution is 2.25. The molecule has 30 heavy (non-hydrogen) atoms. The molecule has 1 N–H and O–H groups in total. The second-order valence-electron chi connectivity index (χ2n) is 7.53. The molecule has 4 aromatic rings. The van der Waals surface area contributed by atoms with Crippen LogP contribution in [0, 0.1) is 20.8 Å². The Kier molecular flexibility index (Phi) is 5.59. The van der Waals surface area contributed by atoms with E-state index in [1.807, 2.05) is 59.8 Å². The lowest BCUT2D eigenvalue weighted by Crippen LogP contribution is -2.13. The van der Waals surface area contributed by atoms with Gasteiger partial charge in [0, 0.05) is 41.8 Å². The molecule has 0 saturated heterocycles. The summed E-state index contributed by atoms with van der Waals surface area (Å²) in [4.78, 5) is 17.2. The molecule has 0 fully saturated rings. The summed E-state index contributed by atoms with van der Waals surface area (Å²) in [6, 6.07) is 11.5. The van der Waals surface area contributed by atoms with Crippen molar-refractivity contribution in [3.63, 3.8) is 0 Å². The second kappa shape index (κ2) is 8.32. The molecule has 0 aliphatic carbocycles. The Morgan fingerprint density at radius 2 is 1.87 bits per heavy atom. The van der Waals surface area contributed by atoms with E-state index in [4.69, 9.17) is 21.7 Å². The summed E-state index contributed by atoms with van der Waals surface area (Å²) in [5.41, 5.74) is 4.68. The number of carbonyl (C=O) groups excluding carboxylic acids is 1. The quantitative estimate of drug-likeness (QED) is 0.464. The molecular weight excluding hydrogens is 398 g/mol. The highest BCUT2D eigenvalue weighted by Gasteiger charge is 2.16. The van der Waals surface area contributed by atoms with Crippen molar-refractivity contribution in [2.75, 3.05) is 5.32 Å². The molecule has 1 amide bonds. The lowest BCUT2D eigenvalue weighted by atomic mass is 10.1. The topological polar surface area (TPSA) is 64.7 Å². The van der Waals surface area contributed by atoms with Gasteiger partial charge in [-0.25, -0.2) is 9.67 Å². The van der Waals surface area contributed by atoms with E-state index in [1.54, 1.807) is 6.07 Å². The van der Waals surface area contributed by atoms with Crippen molar-refractivity contribution in [1.29, 1.82) is 0 Å². The minimum atomic E-state index is -0.0391. The molecule has 0 radical (unpaired) electrons. The minimum absolute atomic E-state index is 0.0391. The first-order valence-corrected chi connectivity index (χ1v) is 10.3. The number of halogens is 1. The number of hydrogen-bond acceptors (Lipinski definition) is 3. The van der Waals surface area contributed by atoms with Crippen LogP contribution in [0.4, 0.5) is 5.69 Å². The Labute approximate surface area is 180 Å². The van der Waals surface area contributed by atoms with Crippen molar-refractivity contribution >= 4 is 34.2 Å². The number of nitrogens with zero attached hydrogens (tertiary/aromatic N) is 4. The molecule has 0 bridgehead atoms. The fourth-order valence-electron chi connectivity index (χ4n) is 3.64. The van der Waals surface area contributed by atoms with Crippen molar-refractivity contribution < 1.29 is 4.79 Å². The zero-order chi connectivity index (χ0) is 21.3. The van der Waals surface area contributed by atoms with Crippen LogP contribution in [-0.2, 0) is 11.3 Å². The predicted molar refractivity (Wildman–Crippen MR) is 120 cm³/mol. The van der Waals surface area contributed by atoms with Crippen LogP contribution in [0.5, 0.6) is 0 Å². The smallest absolute Gasteiger partial charge is 0.224 e. The third-order valence-corrected chi connectivity index (χ3v) is 5.34. The summed E-state index contributed by atoms with van der Waals surface area (Å²) < 4.78 is 3.90. The molecule has 0 atom stereocenters. The van der Waals surface area contributed by atoms with Crippen molar-refractivity contribution in [2.45, 2.75) is 40.2 Å². The lowest BCUT2D eigenvalue weighted by Gasteiger charge is -2.09. The molecule has 0 spiro atoms. The average Bonchev–Trinajstić information content (AvgIpc) is 3.33. The first-order chi connectivity index (χ1) is 14.4. The van der Waals surface area contributed by atoms with E-state index in [9.17, 15) is 4.79 Å². The van der Waals surface area contributed by atoms with Gasteiger partial charge in [-0.05, 0) is 68.7 Å². The van der Waals surface area contributed by atoms with E-state index in [0.717, 1.165) is 39.4 Å². The highest BCUT2D eigenvalue weighted by molar-refractivity contribution is 6.31. The zero-order valence-electron chi connectivity index (χ0n) is 17.3. The Hall–Kier alpha value is -3.12. The monoisotopic (exact) mass is 421 g/mol. The maximum atomic E-state index is 12.4. The van der Waals surface area contributed by atoms with Gasteiger partial charge in [-0.2, -0.15) is 5.10 Å². The third kappa shape index (κ3) is 4.09. The molecular formula is C23H24ClN5O. The van der Waals surface area contributed by atoms with Crippen molar-refractivity contribution in [2.24, 2.45) is 0 Å². The number of pyridine rings is 1. The zero-order valence-corrected chi connectivity index (χ0v) is 18.1. The fraction of sp³-hybridized carbons (Fsp3) is 0.261. The molecule has 7 heteroatoms. The Balaban J connectivity index is 1.52. The number of aromatic nitrogens is 4. The van der Waals surface area contributed by atoms with E-state index in [-0.39, 0.29) is 5.91 Å². The van der Waals surface area contributed by atoms with Gasteiger partial charge in [-0.15, -0.1) is 0 Å². The molecule has 0 saturated carbocycles. The van der Waals surface area contributed by atoms with Crippen LogP contribution in [-0.4, -0.2) is 25.2 Å². The predicted octanol–water partition coefficient (Wildman–Crippen LogP) is 5.22. The van der Waals surface area contributed by atoms with Crippen LogP contribution in [0.2, 0.25) is 5.02 Å². The lowest BCUT2D eigenvalue weighted by molar-refractivity contribution is -0.116. The Bertz CT molecular complexity index is 1210. The fourth-order valence-corrected chi connectivity index (χ4v) is 3.81. The summed E-state index contributed by atoms with van der Waals surface area (Å²) in [7, 11) is 0. The summed E-state index contributed by atoms with van der Waals surface area (Å²) in [5, 5.41) is 9.40. The molecule has 6 nitrogen and oxygen atoms in total. The van der Waals surface area contributed by atoms with Crippen molar-refractivity contribution in [3.05, 3.63) is 70.6 Å². The number of carbonyl (C=O) groups is 1. The van der Waals surface area contributed by atoms with E-state index in [2.05, 4.69) is 18.3 Å². The normalized spacial score (nSPS) is 11.2.